The monoisotopic (exact) mass is 246 g/mol. The molecule has 0 spiro atoms. The molecule has 2 N–H and O–H groups in total. The van der Waals surface area contributed by atoms with Crippen LogP contribution in [-0.4, -0.2) is 31.1 Å². The Bertz CT molecular complexity index is 567. The van der Waals surface area contributed by atoms with Crippen LogP contribution in [0.5, 0.6) is 0 Å². The second-order valence-electron chi connectivity index (χ2n) is 4.95. The summed E-state index contributed by atoms with van der Waals surface area (Å²) in [7, 11) is 1.94. The van der Waals surface area contributed by atoms with Gasteiger partial charge in [-0.3, -0.25) is 4.68 Å². The Hall–Kier alpha value is -1.69. The molecule has 0 aliphatic carbocycles. The molecule has 0 bridgehead atoms. The molecule has 2 aromatic heterocycles. The maximum absolute atomic E-state index is 5.73. The van der Waals surface area contributed by atoms with E-state index in [1.54, 1.807) is 0 Å². The van der Waals surface area contributed by atoms with Crippen molar-refractivity contribution in [3.8, 4) is 11.4 Å². The van der Waals surface area contributed by atoms with Crippen molar-refractivity contribution in [2.45, 2.75) is 26.3 Å². The number of hydrogen-bond acceptors (Lipinski definition) is 4. The van der Waals surface area contributed by atoms with Gasteiger partial charge in [-0.15, -0.1) is 10.2 Å². The van der Waals surface area contributed by atoms with Crippen LogP contribution in [0.25, 0.3) is 11.4 Å². The van der Waals surface area contributed by atoms with Gasteiger partial charge in [0, 0.05) is 25.7 Å². The molecule has 3 rings (SSSR count). The Morgan fingerprint density at radius 2 is 2.28 bits per heavy atom. The lowest BCUT2D eigenvalue weighted by Crippen LogP contribution is -2.25. The maximum Gasteiger partial charge on any atom is 0.167 e. The predicted octanol–water partition coefficient (Wildman–Crippen LogP) is 0.508. The smallest absolute Gasteiger partial charge is 0.167 e. The fraction of sp³-hybridized carbons (Fsp3) is 0.583. The molecule has 6 heteroatoms. The summed E-state index contributed by atoms with van der Waals surface area (Å²) in [4.78, 5) is 0. The van der Waals surface area contributed by atoms with Crippen molar-refractivity contribution in [3.05, 3.63) is 17.7 Å². The van der Waals surface area contributed by atoms with Crippen molar-refractivity contribution in [2.24, 2.45) is 18.7 Å². The van der Waals surface area contributed by atoms with Crippen LogP contribution in [0.3, 0.4) is 0 Å². The van der Waals surface area contributed by atoms with Gasteiger partial charge in [0.05, 0.1) is 11.8 Å². The molecule has 0 radical (unpaired) electrons. The number of fused-ring (bicyclic) bond motifs is 1. The molecule has 1 unspecified atom stereocenters. The van der Waals surface area contributed by atoms with Crippen molar-refractivity contribution in [1.82, 2.24) is 24.5 Å². The van der Waals surface area contributed by atoms with Crippen molar-refractivity contribution >= 4 is 0 Å². The van der Waals surface area contributed by atoms with Crippen LogP contribution in [0.15, 0.2) is 6.20 Å². The number of hydrogen-bond donors (Lipinski definition) is 1. The van der Waals surface area contributed by atoms with E-state index in [1.165, 1.54) is 0 Å². The average Bonchev–Trinajstić information content (AvgIpc) is 2.94. The third kappa shape index (κ3) is 1.64. The maximum atomic E-state index is 5.73. The minimum absolute atomic E-state index is 0.546. The van der Waals surface area contributed by atoms with Crippen molar-refractivity contribution in [3.63, 3.8) is 0 Å². The highest BCUT2D eigenvalue weighted by Gasteiger charge is 2.24. The minimum Gasteiger partial charge on any atom is -0.330 e. The van der Waals surface area contributed by atoms with E-state index in [9.17, 15) is 0 Å². The summed E-state index contributed by atoms with van der Waals surface area (Å²) < 4.78 is 4.07. The second-order valence-corrected chi connectivity index (χ2v) is 4.95. The molecule has 18 heavy (non-hydrogen) atoms. The number of rotatable bonds is 2. The summed E-state index contributed by atoms with van der Waals surface area (Å²) in [5.74, 6) is 2.53. The van der Waals surface area contributed by atoms with Gasteiger partial charge >= 0.3 is 0 Å². The van der Waals surface area contributed by atoms with E-state index in [-0.39, 0.29) is 0 Å². The van der Waals surface area contributed by atoms with E-state index >= 15 is 0 Å². The lowest BCUT2D eigenvalue weighted by Gasteiger charge is -2.22. The molecule has 1 aliphatic rings. The standard InChI is InChI=1S/C12H18N6/c1-8-10(7-14-17(8)2)12-16-15-11-5-9(6-13)3-4-18(11)12/h7,9H,3-6,13H2,1-2H3. The zero-order valence-electron chi connectivity index (χ0n) is 10.8. The second kappa shape index (κ2) is 4.20. The number of aryl methyl sites for hydroxylation is 1. The molecule has 3 heterocycles. The molecule has 0 amide bonds. The molecule has 0 aromatic carbocycles. The molecule has 0 saturated heterocycles. The lowest BCUT2D eigenvalue weighted by atomic mass is 9.98. The average molecular weight is 246 g/mol. The van der Waals surface area contributed by atoms with Gasteiger partial charge in [-0.2, -0.15) is 5.10 Å². The van der Waals surface area contributed by atoms with Gasteiger partial charge in [0.15, 0.2) is 5.82 Å². The van der Waals surface area contributed by atoms with Gasteiger partial charge in [-0.25, -0.2) is 0 Å². The van der Waals surface area contributed by atoms with Gasteiger partial charge in [0.1, 0.15) is 5.82 Å². The fourth-order valence-electron chi connectivity index (χ4n) is 2.51. The summed E-state index contributed by atoms with van der Waals surface area (Å²) in [6, 6.07) is 0. The first-order valence-corrected chi connectivity index (χ1v) is 6.31. The Kier molecular flexibility index (Phi) is 2.66. The largest absolute Gasteiger partial charge is 0.330 e. The van der Waals surface area contributed by atoms with Crippen LogP contribution in [0, 0.1) is 12.8 Å². The Labute approximate surface area is 106 Å². The first-order valence-electron chi connectivity index (χ1n) is 6.31. The predicted molar refractivity (Wildman–Crippen MR) is 67.8 cm³/mol. The molecular weight excluding hydrogens is 228 g/mol. The van der Waals surface area contributed by atoms with Crippen LogP contribution >= 0.6 is 0 Å². The SMILES string of the molecule is Cc1c(-c2nnc3n2CCC(CN)C3)cnn1C. The molecular formula is C12H18N6. The van der Waals surface area contributed by atoms with E-state index < -0.39 is 0 Å². The van der Waals surface area contributed by atoms with E-state index in [0.717, 1.165) is 48.8 Å². The van der Waals surface area contributed by atoms with Crippen LogP contribution < -0.4 is 5.73 Å². The van der Waals surface area contributed by atoms with Crippen LogP contribution in [0.4, 0.5) is 0 Å². The molecule has 0 fully saturated rings. The number of nitrogens with two attached hydrogens (primary N) is 1. The molecule has 1 atom stereocenters. The Morgan fingerprint density at radius 3 is 2.94 bits per heavy atom. The highest BCUT2D eigenvalue weighted by molar-refractivity contribution is 5.57. The summed E-state index contributed by atoms with van der Waals surface area (Å²) in [6.45, 7) is 3.73. The molecule has 2 aromatic rings. The fourth-order valence-corrected chi connectivity index (χ4v) is 2.51. The first-order chi connectivity index (χ1) is 8.70. The van der Waals surface area contributed by atoms with Crippen LogP contribution in [-0.2, 0) is 20.0 Å². The zero-order chi connectivity index (χ0) is 12.7. The van der Waals surface area contributed by atoms with Gasteiger partial charge in [-0.05, 0) is 25.8 Å². The quantitative estimate of drug-likeness (QED) is 0.837. The van der Waals surface area contributed by atoms with Crippen molar-refractivity contribution < 1.29 is 0 Å². The van der Waals surface area contributed by atoms with Gasteiger partial charge in [0.2, 0.25) is 0 Å². The summed E-state index contributed by atoms with van der Waals surface area (Å²) in [5, 5.41) is 12.9. The number of aromatic nitrogens is 5. The van der Waals surface area contributed by atoms with Crippen molar-refractivity contribution in [1.29, 1.82) is 0 Å². The Morgan fingerprint density at radius 1 is 1.44 bits per heavy atom. The summed E-state index contributed by atoms with van der Waals surface area (Å²) >= 11 is 0. The third-order valence-electron chi connectivity index (χ3n) is 3.87. The zero-order valence-corrected chi connectivity index (χ0v) is 10.8. The molecule has 6 nitrogen and oxygen atoms in total. The van der Waals surface area contributed by atoms with Crippen LogP contribution in [0.2, 0.25) is 0 Å². The van der Waals surface area contributed by atoms with E-state index in [4.69, 9.17) is 5.73 Å². The summed E-state index contributed by atoms with van der Waals surface area (Å²) in [6.07, 6.45) is 3.90. The lowest BCUT2D eigenvalue weighted by molar-refractivity contribution is 0.391. The van der Waals surface area contributed by atoms with Gasteiger partial charge in [0.25, 0.3) is 0 Å². The van der Waals surface area contributed by atoms with Crippen LogP contribution in [0.1, 0.15) is 17.9 Å². The highest BCUT2D eigenvalue weighted by atomic mass is 15.3. The third-order valence-corrected chi connectivity index (χ3v) is 3.87. The molecule has 96 valence electrons. The molecule has 0 saturated carbocycles. The van der Waals surface area contributed by atoms with E-state index in [2.05, 4.69) is 26.8 Å². The summed E-state index contributed by atoms with van der Waals surface area (Å²) in [5.41, 5.74) is 7.92. The van der Waals surface area contributed by atoms with Crippen molar-refractivity contribution in [2.75, 3.05) is 6.54 Å². The van der Waals surface area contributed by atoms with Gasteiger partial charge < -0.3 is 10.3 Å². The topological polar surface area (TPSA) is 74.6 Å². The Balaban J connectivity index is 2.01. The van der Waals surface area contributed by atoms with E-state index in [0.29, 0.717) is 5.92 Å². The first kappa shape index (κ1) is 11.4. The molecule has 1 aliphatic heterocycles. The van der Waals surface area contributed by atoms with Gasteiger partial charge in [-0.1, -0.05) is 0 Å². The minimum atomic E-state index is 0.546. The van der Waals surface area contributed by atoms with E-state index in [1.807, 2.05) is 17.9 Å². The highest BCUT2D eigenvalue weighted by Crippen LogP contribution is 2.26. The number of nitrogens with zero attached hydrogens (tertiary/aromatic N) is 5. The normalized spacial score (nSPS) is 18.9.